The van der Waals surface area contributed by atoms with Gasteiger partial charge in [-0.15, -0.1) is 0 Å². The van der Waals surface area contributed by atoms with E-state index in [0.717, 1.165) is 26.0 Å². The molecule has 190 valence electrons. The third-order valence-corrected chi connectivity index (χ3v) is 6.67. The van der Waals surface area contributed by atoms with Crippen LogP contribution in [0.4, 0.5) is 13.2 Å². The van der Waals surface area contributed by atoms with Crippen molar-refractivity contribution in [1.82, 2.24) is 19.8 Å². The van der Waals surface area contributed by atoms with E-state index in [1.54, 1.807) is 13.0 Å². The molecule has 0 aromatic carbocycles. The van der Waals surface area contributed by atoms with E-state index >= 15 is 0 Å². The van der Waals surface area contributed by atoms with E-state index < -0.39 is 29.6 Å². The molecule has 2 aromatic rings. The number of nitrogens with one attached hydrogen (secondary N) is 1. The standard InChI is InChI=1S/C24H29F3N4O4/c1-4-18(15-10-17(24(25,26)27)22(34-3)28-12-15)29-21(32)16-11-19(31-8-9-35-13-20(16)31)23(33)30-7-5-6-14(30)2/h10-12,14,18H,4-9,13H2,1-3H3,(H,29,32). The highest BCUT2D eigenvalue weighted by Gasteiger charge is 2.37. The third kappa shape index (κ3) is 4.86. The topological polar surface area (TPSA) is 85.7 Å². The summed E-state index contributed by atoms with van der Waals surface area (Å²) in [6.07, 6.45) is -1.18. The Morgan fingerprint density at radius 1 is 1.31 bits per heavy atom. The molecule has 2 unspecified atom stereocenters. The van der Waals surface area contributed by atoms with E-state index in [0.29, 0.717) is 37.5 Å². The third-order valence-electron chi connectivity index (χ3n) is 6.67. The predicted molar refractivity (Wildman–Crippen MR) is 120 cm³/mol. The monoisotopic (exact) mass is 494 g/mol. The first-order valence-electron chi connectivity index (χ1n) is 11.7. The van der Waals surface area contributed by atoms with Crippen molar-refractivity contribution in [2.75, 3.05) is 20.3 Å². The summed E-state index contributed by atoms with van der Waals surface area (Å²) in [6.45, 7) is 5.47. The normalized spacial score (nSPS) is 18.8. The zero-order chi connectivity index (χ0) is 25.3. The molecule has 1 fully saturated rings. The van der Waals surface area contributed by atoms with Crippen LogP contribution >= 0.6 is 0 Å². The van der Waals surface area contributed by atoms with E-state index in [9.17, 15) is 22.8 Å². The molecule has 8 nitrogen and oxygen atoms in total. The van der Waals surface area contributed by atoms with Crippen LogP contribution in [0.2, 0.25) is 0 Å². The number of likely N-dealkylation sites (tertiary alicyclic amines) is 1. The summed E-state index contributed by atoms with van der Waals surface area (Å²) in [6, 6.07) is 1.93. The number of carbonyl (C=O) groups excluding carboxylic acids is 2. The van der Waals surface area contributed by atoms with Crippen molar-refractivity contribution in [2.45, 2.75) is 64.5 Å². The van der Waals surface area contributed by atoms with Crippen molar-refractivity contribution >= 4 is 11.8 Å². The number of methoxy groups -OCH3 is 1. The molecular formula is C24H29F3N4O4. The van der Waals surface area contributed by atoms with Crippen molar-refractivity contribution in [1.29, 1.82) is 0 Å². The van der Waals surface area contributed by atoms with Crippen LogP contribution in [0.25, 0.3) is 0 Å². The number of ether oxygens (including phenoxy) is 2. The van der Waals surface area contributed by atoms with Gasteiger partial charge in [0.05, 0.1) is 37.6 Å². The minimum Gasteiger partial charge on any atom is -0.481 e. The van der Waals surface area contributed by atoms with Crippen molar-refractivity contribution in [3.05, 3.63) is 46.4 Å². The van der Waals surface area contributed by atoms with Crippen LogP contribution in [-0.4, -0.2) is 52.6 Å². The highest BCUT2D eigenvalue weighted by atomic mass is 19.4. The Bertz CT molecular complexity index is 1110. The Morgan fingerprint density at radius 2 is 2.09 bits per heavy atom. The highest BCUT2D eigenvalue weighted by Crippen LogP contribution is 2.36. The number of hydrogen-bond donors (Lipinski definition) is 1. The van der Waals surface area contributed by atoms with Crippen LogP contribution in [0.5, 0.6) is 5.88 Å². The second kappa shape index (κ2) is 9.88. The van der Waals surface area contributed by atoms with E-state index in [1.807, 2.05) is 16.4 Å². The van der Waals surface area contributed by atoms with Crippen LogP contribution in [0.3, 0.4) is 0 Å². The molecule has 2 aromatic heterocycles. The Labute approximate surface area is 201 Å². The fourth-order valence-electron chi connectivity index (χ4n) is 4.76. The smallest absolute Gasteiger partial charge is 0.421 e. The molecule has 0 aliphatic carbocycles. The minimum absolute atomic E-state index is 0.126. The number of amides is 2. The summed E-state index contributed by atoms with van der Waals surface area (Å²) in [7, 11) is 1.12. The lowest BCUT2D eigenvalue weighted by molar-refractivity contribution is -0.139. The lowest BCUT2D eigenvalue weighted by Crippen LogP contribution is -2.35. The van der Waals surface area contributed by atoms with Gasteiger partial charge in [0, 0.05) is 25.3 Å². The van der Waals surface area contributed by atoms with Gasteiger partial charge >= 0.3 is 6.18 Å². The van der Waals surface area contributed by atoms with Gasteiger partial charge < -0.3 is 24.3 Å². The van der Waals surface area contributed by atoms with Crippen LogP contribution in [0.1, 0.15) is 76.8 Å². The number of pyridine rings is 1. The molecule has 4 rings (SSSR count). The molecule has 2 aliphatic rings. The zero-order valence-electron chi connectivity index (χ0n) is 19.9. The fraction of sp³-hybridized carbons (Fsp3) is 0.542. The summed E-state index contributed by atoms with van der Waals surface area (Å²) in [5.74, 6) is -1.14. The molecule has 4 heterocycles. The van der Waals surface area contributed by atoms with Crippen molar-refractivity contribution in [3.8, 4) is 5.88 Å². The van der Waals surface area contributed by atoms with Gasteiger partial charge in [-0.25, -0.2) is 4.98 Å². The van der Waals surface area contributed by atoms with Gasteiger partial charge in [-0.05, 0) is 43.9 Å². The molecule has 0 radical (unpaired) electrons. The summed E-state index contributed by atoms with van der Waals surface area (Å²) in [4.78, 5) is 32.2. The number of aromatic nitrogens is 2. The average molecular weight is 495 g/mol. The number of fused-ring (bicyclic) bond motifs is 1. The lowest BCUT2D eigenvalue weighted by atomic mass is 10.0. The van der Waals surface area contributed by atoms with Gasteiger partial charge in [0.1, 0.15) is 11.3 Å². The van der Waals surface area contributed by atoms with Crippen molar-refractivity contribution < 1.29 is 32.2 Å². The molecule has 0 saturated carbocycles. The van der Waals surface area contributed by atoms with E-state index in [4.69, 9.17) is 9.47 Å². The summed E-state index contributed by atoms with van der Waals surface area (Å²) >= 11 is 0. The van der Waals surface area contributed by atoms with Crippen LogP contribution in [-0.2, 0) is 24.1 Å². The minimum atomic E-state index is -4.66. The Kier molecular flexibility index (Phi) is 7.07. The number of hydrogen-bond acceptors (Lipinski definition) is 5. The second-order valence-electron chi connectivity index (χ2n) is 8.84. The highest BCUT2D eigenvalue weighted by molar-refractivity contribution is 6.01. The number of rotatable bonds is 6. The van der Waals surface area contributed by atoms with E-state index in [1.165, 1.54) is 6.20 Å². The molecule has 0 spiro atoms. The average Bonchev–Trinajstić information content (AvgIpc) is 3.45. The number of alkyl halides is 3. The lowest BCUT2D eigenvalue weighted by Gasteiger charge is -2.24. The van der Waals surface area contributed by atoms with Gasteiger partial charge in [0.25, 0.3) is 11.8 Å². The van der Waals surface area contributed by atoms with Gasteiger partial charge in [0.2, 0.25) is 5.88 Å². The molecular weight excluding hydrogens is 465 g/mol. The first-order valence-corrected chi connectivity index (χ1v) is 11.7. The summed E-state index contributed by atoms with van der Waals surface area (Å²) in [5.41, 5.74) is 0.507. The molecule has 1 N–H and O–H groups in total. The molecule has 11 heteroatoms. The van der Waals surface area contributed by atoms with Gasteiger partial charge in [0.15, 0.2) is 0 Å². The molecule has 2 amide bonds. The molecule has 2 aliphatic heterocycles. The van der Waals surface area contributed by atoms with E-state index in [-0.39, 0.29) is 29.7 Å². The first-order chi connectivity index (χ1) is 16.7. The maximum Gasteiger partial charge on any atom is 0.421 e. The first kappa shape index (κ1) is 25.0. The Balaban J connectivity index is 1.63. The van der Waals surface area contributed by atoms with Crippen LogP contribution in [0.15, 0.2) is 18.3 Å². The van der Waals surface area contributed by atoms with Gasteiger partial charge in [-0.2, -0.15) is 13.2 Å². The molecule has 0 bridgehead atoms. The SMILES string of the molecule is CCC(NC(=O)c1cc(C(=O)N2CCCC2C)n2c1COCC2)c1cnc(OC)c(C(F)(F)F)c1. The zero-order valence-corrected chi connectivity index (χ0v) is 19.9. The maximum atomic E-state index is 13.5. The van der Waals surface area contributed by atoms with Crippen molar-refractivity contribution in [3.63, 3.8) is 0 Å². The van der Waals surface area contributed by atoms with Gasteiger partial charge in [-0.3, -0.25) is 9.59 Å². The fourth-order valence-corrected chi connectivity index (χ4v) is 4.76. The Hall–Kier alpha value is -3.08. The van der Waals surface area contributed by atoms with E-state index in [2.05, 4.69) is 10.3 Å². The summed E-state index contributed by atoms with van der Waals surface area (Å²) < 4.78 is 52.5. The van der Waals surface area contributed by atoms with Crippen LogP contribution in [0, 0.1) is 0 Å². The number of carbonyl (C=O) groups is 2. The second-order valence-corrected chi connectivity index (χ2v) is 8.84. The molecule has 35 heavy (non-hydrogen) atoms. The molecule has 2 atom stereocenters. The molecule has 1 saturated heterocycles. The maximum absolute atomic E-state index is 13.5. The Morgan fingerprint density at radius 3 is 2.71 bits per heavy atom. The largest absolute Gasteiger partial charge is 0.481 e. The number of halogens is 3. The number of nitrogens with zero attached hydrogens (tertiary/aromatic N) is 3. The van der Waals surface area contributed by atoms with Gasteiger partial charge in [-0.1, -0.05) is 6.92 Å². The van der Waals surface area contributed by atoms with Crippen molar-refractivity contribution in [2.24, 2.45) is 0 Å². The summed E-state index contributed by atoms with van der Waals surface area (Å²) in [5, 5.41) is 2.82. The predicted octanol–water partition coefficient (Wildman–Crippen LogP) is 3.95. The van der Waals surface area contributed by atoms with Crippen LogP contribution < -0.4 is 10.1 Å². The quantitative estimate of drug-likeness (QED) is 0.658.